The lowest BCUT2D eigenvalue weighted by Gasteiger charge is -2.25. The molecule has 4 rings (SSSR count). The number of benzene rings is 3. The molecule has 3 aromatic rings. The number of carbonyl (C=O) groups excluding carboxylic acids is 2. The SMILES string of the molecule is COc1ccc(N2C(=O)CS[C@@H]2c2cccc(NC(=O)c3cccc(Cl)c3)c2)cc1. The Hall–Kier alpha value is -2.96. The molecule has 152 valence electrons. The molecule has 1 aliphatic heterocycles. The number of anilines is 2. The van der Waals surface area contributed by atoms with Gasteiger partial charge in [0.1, 0.15) is 11.1 Å². The molecule has 0 aliphatic carbocycles. The summed E-state index contributed by atoms with van der Waals surface area (Å²) in [4.78, 5) is 26.9. The molecule has 0 radical (unpaired) electrons. The van der Waals surface area contributed by atoms with Crippen molar-refractivity contribution in [2.75, 3.05) is 23.1 Å². The summed E-state index contributed by atoms with van der Waals surface area (Å²) in [5, 5.41) is 3.24. The zero-order valence-corrected chi connectivity index (χ0v) is 17.7. The topological polar surface area (TPSA) is 58.6 Å². The van der Waals surface area contributed by atoms with E-state index >= 15 is 0 Å². The highest BCUT2D eigenvalue weighted by Crippen LogP contribution is 2.42. The quantitative estimate of drug-likeness (QED) is 0.581. The first kappa shape index (κ1) is 20.3. The summed E-state index contributed by atoms with van der Waals surface area (Å²) in [5.74, 6) is 0.941. The Balaban J connectivity index is 1.57. The number of nitrogens with zero attached hydrogens (tertiary/aromatic N) is 1. The van der Waals surface area contributed by atoms with Gasteiger partial charge in [0, 0.05) is 22.0 Å². The second-order valence-electron chi connectivity index (χ2n) is 6.72. The molecule has 3 aromatic carbocycles. The molecule has 1 saturated heterocycles. The predicted octanol–water partition coefficient (Wildman–Crippen LogP) is 5.38. The van der Waals surface area contributed by atoms with Gasteiger partial charge in [0.15, 0.2) is 0 Å². The van der Waals surface area contributed by atoms with Crippen molar-refractivity contribution in [3.8, 4) is 5.75 Å². The predicted molar refractivity (Wildman–Crippen MR) is 122 cm³/mol. The van der Waals surface area contributed by atoms with Gasteiger partial charge in [-0.05, 0) is 60.2 Å². The third kappa shape index (κ3) is 4.30. The normalized spacial score (nSPS) is 15.9. The number of halogens is 1. The summed E-state index contributed by atoms with van der Waals surface area (Å²) in [6.45, 7) is 0. The number of rotatable bonds is 5. The standard InChI is InChI=1S/C23H19ClN2O3S/c1-29-20-10-8-19(9-11-20)26-21(27)14-30-23(26)16-5-3-7-18(13-16)25-22(28)15-4-2-6-17(24)12-15/h2-13,23H,14H2,1H3,(H,25,28)/t23-/m1/s1. The van der Waals surface area contributed by atoms with Gasteiger partial charge in [-0.1, -0.05) is 29.8 Å². The second kappa shape index (κ2) is 8.81. The number of hydrogen-bond acceptors (Lipinski definition) is 4. The maximum atomic E-state index is 12.6. The smallest absolute Gasteiger partial charge is 0.255 e. The van der Waals surface area contributed by atoms with Gasteiger partial charge in [0.05, 0.1) is 12.9 Å². The lowest BCUT2D eigenvalue weighted by molar-refractivity contribution is -0.115. The van der Waals surface area contributed by atoms with Crippen LogP contribution in [0.5, 0.6) is 5.75 Å². The summed E-state index contributed by atoms with van der Waals surface area (Å²) in [6, 6.07) is 21.8. The van der Waals surface area contributed by atoms with E-state index in [4.69, 9.17) is 16.3 Å². The summed E-state index contributed by atoms with van der Waals surface area (Å²) in [5.41, 5.74) is 2.89. The highest BCUT2D eigenvalue weighted by atomic mass is 35.5. The minimum absolute atomic E-state index is 0.0449. The van der Waals surface area contributed by atoms with Crippen molar-refractivity contribution < 1.29 is 14.3 Å². The van der Waals surface area contributed by atoms with Crippen molar-refractivity contribution in [3.05, 3.63) is 88.9 Å². The fourth-order valence-electron chi connectivity index (χ4n) is 3.30. The molecule has 1 aliphatic rings. The van der Waals surface area contributed by atoms with Crippen LogP contribution in [-0.2, 0) is 4.79 Å². The first-order chi connectivity index (χ1) is 14.5. The highest BCUT2D eigenvalue weighted by Gasteiger charge is 2.34. The Labute approximate surface area is 184 Å². The third-order valence-electron chi connectivity index (χ3n) is 4.73. The minimum Gasteiger partial charge on any atom is -0.497 e. The average Bonchev–Trinajstić information content (AvgIpc) is 3.15. The van der Waals surface area contributed by atoms with Crippen LogP contribution in [0.3, 0.4) is 0 Å². The van der Waals surface area contributed by atoms with Crippen molar-refractivity contribution in [2.45, 2.75) is 5.37 Å². The summed E-state index contributed by atoms with van der Waals surface area (Å²) in [6.07, 6.45) is 0. The molecule has 0 bridgehead atoms. The summed E-state index contributed by atoms with van der Waals surface area (Å²) >= 11 is 7.54. The van der Waals surface area contributed by atoms with E-state index in [0.717, 1.165) is 17.0 Å². The number of hydrogen-bond donors (Lipinski definition) is 1. The largest absolute Gasteiger partial charge is 0.497 e. The van der Waals surface area contributed by atoms with E-state index in [9.17, 15) is 9.59 Å². The molecule has 1 atom stereocenters. The maximum absolute atomic E-state index is 12.6. The zero-order valence-electron chi connectivity index (χ0n) is 16.2. The Morgan fingerprint density at radius 2 is 1.87 bits per heavy atom. The molecule has 30 heavy (non-hydrogen) atoms. The molecule has 2 amide bonds. The van der Waals surface area contributed by atoms with Crippen LogP contribution < -0.4 is 15.0 Å². The number of nitrogens with one attached hydrogen (secondary N) is 1. The third-order valence-corrected chi connectivity index (χ3v) is 6.18. The van der Waals surface area contributed by atoms with Gasteiger partial charge in [0.25, 0.3) is 5.91 Å². The highest BCUT2D eigenvalue weighted by molar-refractivity contribution is 8.00. The van der Waals surface area contributed by atoms with E-state index in [1.807, 2.05) is 48.5 Å². The van der Waals surface area contributed by atoms with Crippen LogP contribution >= 0.6 is 23.4 Å². The Morgan fingerprint density at radius 1 is 1.10 bits per heavy atom. The Kier molecular flexibility index (Phi) is 5.97. The van der Waals surface area contributed by atoms with Gasteiger partial charge in [-0.3, -0.25) is 14.5 Å². The summed E-state index contributed by atoms with van der Waals surface area (Å²) < 4.78 is 5.21. The van der Waals surface area contributed by atoms with Gasteiger partial charge < -0.3 is 10.1 Å². The molecule has 1 heterocycles. The van der Waals surface area contributed by atoms with Gasteiger partial charge in [0.2, 0.25) is 5.91 Å². The van der Waals surface area contributed by atoms with Crippen LogP contribution in [0.2, 0.25) is 5.02 Å². The summed E-state index contributed by atoms with van der Waals surface area (Å²) in [7, 11) is 1.61. The van der Waals surface area contributed by atoms with E-state index in [2.05, 4.69) is 5.32 Å². The van der Waals surface area contributed by atoms with Crippen molar-refractivity contribution in [2.24, 2.45) is 0 Å². The van der Waals surface area contributed by atoms with Crippen LogP contribution in [0.15, 0.2) is 72.8 Å². The van der Waals surface area contributed by atoms with E-state index < -0.39 is 0 Å². The van der Waals surface area contributed by atoms with Crippen LogP contribution in [-0.4, -0.2) is 24.7 Å². The Bertz CT molecular complexity index is 1090. The number of carbonyl (C=O) groups is 2. The van der Waals surface area contributed by atoms with Crippen molar-refractivity contribution in [1.82, 2.24) is 0 Å². The van der Waals surface area contributed by atoms with Crippen molar-refractivity contribution in [3.63, 3.8) is 0 Å². The van der Waals surface area contributed by atoms with E-state index in [1.54, 1.807) is 48.0 Å². The molecular formula is C23H19ClN2O3S. The average molecular weight is 439 g/mol. The zero-order chi connectivity index (χ0) is 21.1. The molecule has 1 N–H and O–H groups in total. The number of ether oxygens (including phenoxy) is 1. The van der Waals surface area contributed by atoms with E-state index in [0.29, 0.717) is 22.0 Å². The Morgan fingerprint density at radius 3 is 2.60 bits per heavy atom. The van der Waals surface area contributed by atoms with Crippen molar-refractivity contribution in [1.29, 1.82) is 0 Å². The van der Waals surface area contributed by atoms with Gasteiger partial charge >= 0.3 is 0 Å². The molecule has 0 spiro atoms. The molecule has 7 heteroatoms. The van der Waals surface area contributed by atoms with E-state index in [-0.39, 0.29) is 17.2 Å². The monoisotopic (exact) mass is 438 g/mol. The molecule has 5 nitrogen and oxygen atoms in total. The molecule has 1 fully saturated rings. The van der Waals surface area contributed by atoms with Crippen LogP contribution in [0.25, 0.3) is 0 Å². The van der Waals surface area contributed by atoms with Gasteiger partial charge in [-0.15, -0.1) is 11.8 Å². The maximum Gasteiger partial charge on any atom is 0.255 e. The second-order valence-corrected chi connectivity index (χ2v) is 8.22. The fourth-order valence-corrected chi connectivity index (χ4v) is 4.65. The number of thioether (sulfide) groups is 1. The van der Waals surface area contributed by atoms with Crippen LogP contribution in [0, 0.1) is 0 Å². The molecule has 0 aromatic heterocycles. The van der Waals surface area contributed by atoms with Gasteiger partial charge in [-0.25, -0.2) is 0 Å². The first-order valence-electron chi connectivity index (χ1n) is 9.30. The minimum atomic E-state index is -0.239. The number of amides is 2. The number of methoxy groups -OCH3 is 1. The fraction of sp³-hybridized carbons (Fsp3) is 0.130. The molecular weight excluding hydrogens is 420 g/mol. The first-order valence-corrected chi connectivity index (χ1v) is 10.7. The lowest BCUT2D eigenvalue weighted by Crippen LogP contribution is -2.27. The van der Waals surface area contributed by atoms with E-state index in [1.165, 1.54) is 0 Å². The molecule has 0 saturated carbocycles. The molecule has 0 unspecified atom stereocenters. The van der Waals surface area contributed by atoms with Crippen LogP contribution in [0.1, 0.15) is 21.3 Å². The lowest BCUT2D eigenvalue weighted by atomic mass is 10.1. The van der Waals surface area contributed by atoms with Gasteiger partial charge in [-0.2, -0.15) is 0 Å². The van der Waals surface area contributed by atoms with Crippen LogP contribution in [0.4, 0.5) is 11.4 Å². The van der Waals surface area contributed by atoms with Crippen molar-refractivity contribution >= 4 is 46.6 Å².